The molecule has 0 aromatic carbocycles. The molecular formula is C10H22N4O2. The van der Waals surface area contributed by atoms with Crippen molar-refractivity contribution in [2.24, 2.45) is 5.73 Å². The summed E-state index contributed by atoms with van der Waals surface area (Å²) in [6.07, 6.45) is 2.27. The van der Waals surface area contributed by atoms with Crippen LogP contribution in [0.25, 0.3) is 0 Å². The molecule has 0 unspecified atom stereocenters. The van der Waals surface area contributed by atoms with E-state index in [1.165, 1.54) is 0 Å². The van der Waals surface area contributed by atoms with Gasteiger partial charge in [0, 0.05) is 6.54 Å². The van der Waals surface area contributed by atoms with Crippen LogP contribution in [-0.2, 0) is 4.79 Å². The van der Waals surface area contributed by atoms with Gasteiger partial charge >= 0.3 is 6.03 Å². The van der Waals surface area contributed by atoms with Crippen LogP contribution in [0.4, 0.5) is 4.79 Å². The summed E-state index contributed by atoms with van der Waals surface area (Å²) >= 11 is 0. The first-order valence-corrected chi connectivity index (χ1v) is 5.60. The van der Waals surface area contributed by atoms with Crippen molar-refractivity contribution in [3.05, 3.63) is 0 Å². The minimum Gasteiger partial charge on any atom is -0.354 e. The van der Waals surface area contributed by atoms with E-state index in [4.69, 9.17) is 5.73 Å². The van der Waals surface area contributed by atoms with Crippen molar-refractivity contribution in [2.45, 2.75) is 32.2 Å². The standard InChI is InChI=1S/C10H22N4O2/c1-3-5-8(14-10(11)16)9(15)13-7-4-6-12-2/h8,12H,3-7H2,1-2H3,(H,13,15)(H3,11,14,16)/t8-/m1/s1. The molecule has 3 amide bonds. The van der Waals surface area contributed by atoms with Crippen LogP contribution in [0.5, 0.6) is 0 Å². The molecule has 0 spiro atoms. The second kappa shape index (κ2) is 8.96. The number of nitrogens with one attached hydrogen (secondary N) is 3. The van der Waals surface area contributed by atoms with E-state index in [0.29, 0.717) is 13.0 Å². The highest BCUT2D eigenvalue weighted by molar-refractivity contribution is 5.86. The van der Waals surface area contributed by atoms with E-state index >= 15 is 0 Å². The number of carbonyl (C=O) groups is 2. The maximum Gasteiger partial charge on any atom is 0.312 e. The topological polar surface area (TPSA) is 96.2 Å². The lowest BCUT2D eigenvalue weighted by atomic mass is 10.1. The zero-order chi connectivity index (χ0) is 12.4. The largest absolute Gasteiger partial charge is 0.354 e. The maximum absolute atomic E-state index is 11.6. The molecule has 6 nitrogen and oxygen atoms in total. The Kier molecular flexibility index (Phi) is 8.24. The lowest BCUT2D eigenvalue weighted by Gasteiger charge is -2.16. The van der Waals surface area contributed by atoms with Crippen molar-refractivity contribution >= 4 is 11.9 Å². The highest BCUT2D eigenvalue weighted by Crippen LogP contribution is 1.96. The van der Waals surface area contributed by atoms with E-state index in [0.717, 1.165) is 19.4 Å². The molecule has 0 aliphatic heterocycles. The number of urea groups is 1. The van der Waals surface area contributed by atoms with E-state index in [1.807, 2.05) is 14.0 Å². The summed E-state index contributed by atoms with van der Waals surface area (Å²) in [6.45, 7) is 3.40. The maximum atomic E-state index is 11.6. The Morgan fingerprint density at radius 1 is 1.31 bits per heavy atom. The third-order valence-corrected chi connectivity index (χ3v) is 2.11. The summed E-state index contributed by atoms with van der Waals surface area (Å²) in [4.78, 5) is 22.3. The van der Waals surface area contributed by atoms with Crippen LogP contribution in [0.15, 0.2) is 0 Å². The zero-order valence-corrected chi connectivity index (χ0v) is 10.0. The SMILES string of the molecule is CCC[C@@H](NC(N)=O)C(=O)NCCCNC. The van der Waals surface area contributed by atoms with Crippen molar-refractivity contribution in [1.29, 1.82) is 0 Å². The number of carbonyl (C=O) groups excluding carboxylic acids is 2. The number of hydrogen-bond donors (Lipinski definition) is 4. The number of hydrogen-bond acceptors (Lipinski definition) is 3. The molecule has 0 bridgehead atoms. The molecule has 6 heteroatoms. The molecule has 0 radical (unpaired) electrons. The van der Waals surface area contributed by atoms with E-state index in [9.17, 15) is 9.59 Å². The third-order valence-electron chi connectivity index (χ3n) is 2.11. The van der Waals surface area contributed by atoms with E-state index in [1.54, 1.807) is 0 Å². The summed E-state index contributed by atoms with van der Waals surface area (Å²) in [6, 6.07) is -1.18. The van der Waals surface area contributed by atoms with Crippen LogP contribution >= 0.6 is 0 Å². The quantitative estimate of drug-likeness (QED) is 0.425. The Morgan fingerprint density at radius 2 is 2.00 bits per heavy atom. The minimum atomic E-state index is -0.663. The lowest BCUT2D eigenvalue weighted by Crippen LogP contribution is -2.48. The van der Waals surface area contributed by atoms with Crippen molar-refractivity contribution in [1.82, 2.24) is 16.0 Å². The Labute approximate surface area is 96.3 Å². The van der Waals surface area contributed by atoms with Gasteiger partial charge in [-0.1, -0.05) is 13.3 Å². The van der Waals surface area contributed by atoms with Gasteiger partial charge in [-0.15, -0.1) is 0 Å². The van der Waals surface area contributed by atoms with Gasteiger partial charge < -0.3 is 21.7 Å². The monoisotopic (exact) mass is 230 g/mol. The molecule has 0 aromatic heterocycles. The van der Waals surface area contributed by atoms with Crippen LogP contribution in [-0.4, -0.2) is 38.1 Å². The second-order valence-corrected chi connectivity index (χ2v) is 3.60. The van der Waals surface area contributed by atoms with Crippen LogP contribution in [0.1, 0.15) is 26.2 Å². The zero-order valence-electron chi connectivity index (χ0n) is 10.0. The Balaban J connectivity index is 3.91. The van der Waals surface area contributed by atoms with Crippen LogP contribution < -0.4 is 21.7 Å². The first kappa shape index (κ1) is 14.7. The van der Waals surface area contributed by atoms with Crippen molar-refractivity contribution < 1.29 is 9.59 Å². The molecule has 0 aromatic rings. The molecule has 0 rings (SSSR count). The summed E-state index contributed by atoms with van der Waals surface area (Å²) in [5.41, 5.74) is 5.00. The van der Waals surface area contributed by atoms with Crippen molar-refractivity contribution in [3.8, 4) is 0 Å². The molecule has 0 heterocycles. The average Bonchev–Trinajstić information content (AvgIpc) is 2.23. The van der Waals surface area contributed by atoms with Crippen LogP contribution in [0.3, 0.4) is 0 Å². The Hall–Kier alpha value is -1.30. The molecule has 5 N–H and O–H groups in total. The number of nitrogens with two attached hydrogens (primary N) is 1. The summed E-state index contributed by atoms with van der Waals surface area (Å²) in [7, 11) is 1.86. The predicted molar refractivity (Wildman–Crippen MR) is 63.0 cm³/mol. The average molecular weight is 230 g/mol. The first-order chi connectivity index (χ1) is 7.61. The fourth-order valence-electron chi connectivity index (χ4n) is 1.33. The Bertz CT molecular complexity index is 221. The normalized spacial score (nSPS) is 11.9. The number of amides is 3. The molecule has 16 heavy (non-hydrogen) atoms. The summed E-state index contributed by atoms with van der Waals surface area (Å²) in [5, 5.41) is 8.18. The molecule has 0 saturated carbocycles. The predicted octanol–water partition coefficient (Wildman–Crippen LogP) is -0.451. The molecule has 0 aliphatic rings. The molecular weight excluding hydrogens is 208 g/mol. The number of primary amides is 1. The van der Waals surface area contributed by atoms with Crippen molar-refractivity contribution in [2.75, 3.05) is 20.1 Å². The molecule has 0 aliphatic carbocycles. The van der Waals surface area contributed by atoms with Crippen LogP contribution in [0, 0.1) is 0 Å². The van der Waals surface area contributed by atoms with Gasteiger partial charge in [-0.25, -0.2) is 4.79 Å². The van der Waals surface area contributed by atoms with E-state index in [2.05, 4.69) is 16.0 Å². The third kappa shape index (κ3) is 7.05. The van der Waals surface area contributed by atoms with Crippen molar-refractivity contribution in [3.63, 3.8) is 0 Å². The fourth-order valence-corrected chi connectivity index (χ4v) is 1.33. The molecule has 1 atom stereocenters. The van der Waals surface area contributed by atoms with E-state index < -0.39 is 12.1 Å². The van der Waals surface area contributed by atoms with Gasteiger partial charge in [0.15, 0.2) is 0 Å². The van der Waals surface area contributed by atoms with Crippen LogP contribution in [0.2, 0.25) is 0 Å². The Morgan fingerprint density at radius 3 is 2.50 bits per heavy atom. The molecule has 94 valence electrons. The first-order valence-electron chi connectivity index (χ1n) is 5.60. The van der Waals surface area contributed by atoms with Gasteiger partial charge in [-0.2, -0.15) is 0 Å². The van der Waals surface area contributed by atoms with Gasteiger partial charge in [0.05, 0.1) is 0 Å². The van der Waals surface area contributed by atoms with Gasteiger partial charge in [0.2, 0.25) is 5.91 Å². The van der Waals surface area contributed by atoms with Gasteiger partial charge in [0.25, 0.3) is 0 Å². The van der Waals surface area contributed by atoms with E-state index in [-0.39, 0.29) is 5.91 Å². The highest BCUT2D eigenvalue weighted by atomic mass is 16.2. The lowest BCUT2D eigenvalue weighted by molar-refractivity contribution is -0.123. The summed E-state index contributed by atoms with van der Waals surface area (Å²) < 4.78 is 0. The second-order valence-electron chi connectivity index (χ2n) is 3.60. The molecule has 0 fully saturated rings. The summed E-state index contributed by atoms with van der Waals surface area (Å²) in [5.74, 6) is -0.170. The van der Waals surface area contributed by atoms with Gasteiger partial charge in [-0.05, 0) is 26.4 Å². The minimum absolute atomic E-state index is 0.170. The van der Waals surface area contributed by atoms with Gasteiger partial charge in [0.1, 0.15) is 6.04 Å². The smallest absolute Gasteiger partial charge is 0.312 e. The number of rotatable bonds is 8. The van der Waals surface area contributed by atoms with Gasteiger partial charge in [-0.3, -0.25) is 4.79 Å². The fraction of sp³-hybridized carbons (Fsp3) is 0.800. The molecule has 0 saturated heterocycles. The highest BCUT2D eigenvalue weighted by Gasteiger charge is 2.17.